The SMILES string of the molecule is NC1CCCN(c2nc(Nc3ccc(N4CCN(CC=O)CC4)cc3)nc3[nH]ccc23)C1. The van der Waals surface area contributed by atoms with Crippen molar-refractivity contribution < 1.29 is 4.79 Å². The number of piperazine rings is 1. The number of fused-ring (bicyclic) bond motifs is 1. The van der Waals surface area contributed by atoms with Gasteiger partial charge in [-0.15, -0.1) is 0 Å². The highest BCUT2D eigenvalue weighted by Crippen LogP contribution is 2.28. The average molecular weight is 435 g/mol. The van der Waals surface area contributed by atoms with Gasteiger partial charge >= 0.3 is 0 Å². The molecule has 2 aliphatic rings. The van der Waals surface area contributed by atoms with Gasteiger partial charge in [0.25, 0.3) is 0 Å². The number of nitrogens with zero attached hydrogens (tertiary/aromatic N) is 5. The lowest BCUT2D eigenvalue weighted by molar-refractivity contribution is -0.108. The summed E-state index contributed by atoms with van der Waals surface area (Å²) >= 11 is 0. The van der Waals surface area contributed by atoms with Crippen molar-refractivity contribution in [2.24, 2.45) is 5.73 Å². The predicted octanol–water partition coefficient (Wildman–Crippen LogP) is 1.95. The summed E-state index contributed by atoms with van der Waals surface area (Å²) in [6, 6.07) is 10.6. The van der Waals surface area contributed by atoms with E-state index in [0.29, 0.717) is 12.5 Å². The quantitative estimate of drug-likeness (QED) is 0.506. The van der Waals surface area contributed by atoms with Gasteiger partial charge in [-0.1, -0.05) is 0 Å². The molecule has 1 unspecified atom stereocenters. The molecule has 2 aliphatic heterocycles. The lowest BCUT2D eigenvalue weighted by Gasteiger charge is -2.35. The molecule has 4 heterocycles. The highest BCUT2D eigenvalue weighted by Gasteiger charge is 2.22. The Bertz CT molecular complexity index is 1060. The van der Waals surface area contributed by atoms with Crippen LogP contribution in [0, 0.1) is 0 Å². The van der Waals surface area contributed by atoms with E-state index in [9.17, 15) is 4.79 Å². The van der Waals surface area contributed by atoms with Crippen LogP contribution in [-0.2, 0) is 4.79 Å². The Kier molecular flexibility index (Phi) is 5.91. The van der Waals surface area contributed by atoms with Crippen LogP contribution in [0.3, 0.4) is 0 Å². The van der Waals surface area contributed by atoms with Crippen molar-refractivity contribution in [2.75, 3.05) is 60.9 Å². The number of aldehydes is 1. The highest BCUT2D eigenvalue weighted by molar-refractivity contribution is 5.89. The fourth-order valence-electron chi connectivity index (χ4n) is 4.60. The molecule has 32 heavy (non-hydrogen) atoms. The topological polar surface area (TPSA) is 106 Å². The van der Waals surface area contributed by atoms with Crippen molar-refractivity contribution in [1.29, 1.82) is 0 Å². The Morgan fingerprint density at radius 2 is 1.88 bits per heavy atom. The van der Waals surface area contributed by atoms with E-state index in [1.54, 1.807) is 0 Å². The summed E-state index contributed by atoms with van der Waals surface area (Å²) in [5.74, 6) is 1.50. The van der Waals surface area contributed by atoms with Crippen LogP contribution >= 0.6 is 0 Å². The van der Waals surface area contributed by atoms with Crippen LogP contribution in [-0.4, -0.2) is 78.0 Å². The van der Waals surface area contributed by atoms with Gasteiger partial charge in [-0.2, -0.15) is 9.97 Å². The second-order valence-electron chi connectivity index (χ2n) is 8.59. The van der Waals surface area contributed by atoms with E-state index < -0.39 is 0 Å². The van der Waals surface area contributed by atoms with Gasteiger partial charge in [0.2, 0.25) is 5.95 Å². The Morgan fingerprint density at radius 1 is 1.06 bits per heavy atom. The lowest BCUT2D eigenvalue weighted by Crippen LogP contribution is -2.46. The summed E-state index contributed by atoms with van der Waals surface area (Å²) < 4.78 is 0. The first-order valence-electron chi connectivity index (χ1n) is 11.3. The van der Waals surface area contributed by atoms with Gasteiger partial charge in [0, 0.05) is 62.9 Å². The molecule has 5 rings (SSSR count). The Balaban J connectivity index is 1.31. The molecule has 1 atom stereocenters. The largest absolute Gasteiger partial charge is 0.369 e. The molecule has 2 fully saturated rings. The molecule has 0 bridgehead atoms. The summed E-state index contributed by atoms with van der Waals surface area (Å²) in [6.07, 6.45) is 5.01. The summed E-state index contributed by atoms with van der Waals surface area (Å²) in [6.45, 7) is 5.96. The molecule has 1 aromatic carbocycles. The standard InChI is InChI=1S/C23H30N8O/c24-17-2-1-9-31(16-17)22-20-7-8-25-21(20)27-23(28-22)26-18-3-5-19(6-4-18)30-12-10-29(11-13-30)14-15-32/h3-8,15,17H,1-2,9-14,16,24H2,(H2,25,26,27,28). The van der Waals surface area contributed by atoms with Crippen molar-refractivity contribution in [1.82, 2.24) is 19.9 Å². The number of aromatic nitrogens is 3. The molecular weight excluding hydrogens is 404 g/mol. The summed E-state index contributed by atoms with van der Waals surface area (Å²) in [5, 5.41) is 4.39. The molecule has 9 heteroatoms. The molecule has 2 saturated heterocycles. The first kappa shape index (κ1) is 20.7. The van der Waals surface area contributed by atoms with E-state index in [1.165, 1.54) is 5.69 Å². The second-order valence-corrected chi connectivity index (χ2v) is 8.59. The highest BCUT2D eigenvalue weighted by atomic mass is 16.1. The zero-order valence-electron chi connectivity index (χ0n) is 18.2. The molecule has 168 valence electrons. The Hall–Kier alpha value is -3.17. The van der Waals surface area contributed by atoms with Crippen molar-refractivity contribution in [2.45, 2.75) is 18.9 Å². The minimum Gasteiger partial charge on any atom is -0.369 e. The molecule has 0 amide bonds. The number of hydrogen-bond acceptors (Lipinski definition) is 8. The minimum absolute atomic E-state index is 0.178. The molecule has 2 aromatic heterocycles. The normalized spacial score (nSPS) is 20.0. The van der Waals surface area contributed by atoms with Crippen LogP contribution in [0.2, 0.25) is 0 Å². The van der Waals surface area contributed by atoms with Crippen LogP contribution in [0.25, 0.3) is 11.0 Å². The van der Waals surface area contributed by atoms with E-state index in [4.69, 9.17) is 10.7 Å². The number of carbonyl (C=O) groups excluding carboxylic acids is 1. The lowest BCUT2D eigenvalue weighted by atomic mass is 10.1. The number of nitrogens with one attached hydrogen (secondary N) is 2. The van der Waals surface area contributed by atoms with Crippen molar-refractivity contribution in [3.63, 3.8) is 0 Å². The molecule has 9 nitrogen and oxygen atoms in total. The number of rotatable bonds is 6. The van der Waals surface area contributed by atoms with Crippen LogP contribution in [0.1, 0.15) is 12.8 Å². The molecule has 3 aromatic rings. The zero-order valence-corrected chi connectivity index (χ0v) is 18.2. The zero-order chi connectivity index (χ0) is 21.9. The molecule has 0 aliphatic carbocycles. The van der Waals surface area contributed by atoms with E-state index in [1.807, 2.05) is 12.3 Å². The van der Waals surface area contributed by atoms with Crippen molar-refractivity contribution in [3.8, 4) is 0 Å². The third-order valence-corrected chi connectivity index (χ3v) is 6.35. The van der Waals surface area contributed by atoms with Gasteiger partial charge in [-0.05, 0) is 43.2 Å². The van der Waals surface area contributed by atoms with Crippen molar-refractivity contribution in [3.05, 3.63) is 36.5 Å². The third kappa shape index (κ3) is 4.39. The monoisotopic (exact) mass is 434 g/mol. The predicted molar refractivity (Wildman–Crippen MR) is 128 cm³/mol. The third-order valence-electron chi connectivity index (χ3n) is 6.35. The number of anilines is 4. The molecule has 0 spiro atoms. The summed E-state index contributed by atoms with van der Waals surface area (Å²) in [7, 11) is 0. The summed E-state index contributed by atoms with van der Waals surface area (Å²) in [5.41, 5.74) is 9.16. The first-order valence-corrected chi connectivity index (χ1v) is 11.3. The summed E-state index contributed by atoms with van der Waals surface area (Å²) in [4.78, 5) is 30.2. The van der Waals surface area contributed by atoms with Gasteiger partial charge in [-0.25, -0.2) is 0 Å². The van der Waals surface area contributed by atoms with E-state index in [0.717, 1.165) is 80.9 Å². The van der Waals surface area contributed by atoms with Gasteiger partial charge in [0.15, 0.2) is 0 Å². The Labute approximate surface area is 187 Å². The van der Waals surface area contributed by atoms with Gasteiger partial charge in [0.05, 0.1) is 11.9 Å². The van der Waals surface area contributed by atoms with E-state index in [-0.39, 0.29) is 6.04 Å². The minimum atomic E-state index is 0.178. The maximum Gasteiger partial charge on any atom is 0.231 e. The smallest absolute Gasteiger partial charge is 0.231 e. The Morgan fingerprint density at radius 3 is 2.62 bits per heavy atom. The molecular formula is C23H30N8O. The molecule has 0 saturated carbocycles. The number of nitrogens with two attached hydrogens (primary N) is 1. The van der Waals surface area contributed by atoms with Crippen LogP contribution in [0.4, 0.5) is 23.1 Å². The average Bonchev–Trinajstić information content (AvgIpc) is 3.29. The van der Waals surface area contributed by atoms with Crippen LogP contribution in [0.15, 0.2) is 36.5 Å². The van der Waals surface area contributed by atoms with Crippen LogP contribution < -0.4 is 20.9 Å². The van der Waals surface area contributed by atoms with E-state index >= 15 is 0 Å². The van der Waals surface area contributed by atoms with Gasteiger partial charge < -0.3 is 30.6 Å². The maximum atomic E-state index is 10.7. The fraction of sp³-hybridized carbons (Fsp3) is 0.435. The van der Waals surface area contributed by atoms with Gasteiger partial charge in [0.1, 0.15) is 17.8 Å². The molecule has 4 N–H and O–H groups in total. The van der Waals surface area contributed by atoms with E-state index in [2.05, 4.69) is 54.2 Å². The second kappa shape index (κ2) is 9.13. The van der Waals surface area contributed by atoms with Crippen molar-refractivity contribution >= 4 is 40.5 Å². The van der Waals surface area contributed by atoms with Crippen LogP contribution in [0.5, 0.6) is 0 Å². The number of piperidine rings is 1. The number of carbonyl (C=O) groups is 1. The fourth-order valence-corrected chi connectivity index (χ4v) is 4.60. The number of H-pyrrole nitrogens is 1. The van der Waals surface area contributed by atoms with Gasteiger partial charge in [-0.3, -0.25) is 4.90 Å². The first-order chi connectivity index (χ1) is 15.7. The maximum absolute atomic E-state index is 10.7. The molecule has 0 radical (unpaired) electrons. The number of hydrogen-bond donors (Lipinski definition) is 3. The number of benzene rings is 1. The number of aromatic amines is 1.